The molecule has 0 saturated carbocycles. The van der Waals surface area contributed by atoms with E-state index in [1.165, 1.54) is 86.5 Å². The molecule has 0 bridgehead atoms. The zero-order valence-electron chi connectivity index (χ0n) is 15.7. The van der Waals surface area contributed by atoms with E-state index >= 15 is 0 Å². The van der Waals surface area contributed by atoms with Crippen LogP contribution in [0.1, 0.15) is 75.8 Å². The fraction of sp³-hybridized carbons (Fsp3) is 0.500. The average molecular weight is 323 g/mol. The van der Waals surface area contributed by atoms with Gasteiger partial charge in [-0.05, 0) is 36.5 Å². The molecule has 0 spiro atoms. The van der Waals surface area contributed by atoms with Crippen molar-refractivity contribution in [2.24, 2.45) is 0 Å². The van der Waals surface area contributed by atoms with Crippen LogP contribution >= 0.6 is 0 Å². The number of aryl methyl sites for hydroxylation is 2. The summed E-state index contributed by atoms with van der Waals surface area (Å²) < 4.78 is 0. The van der Waals surface area contributed by atoms with Crippen LogP contribution in [-0.2, 0) is 6.42 Å². The molecule has 2 aromatic rings. The average Bonchev–Trinajstić information content (AvgIpc) is 2.62. The predicted octanol–water partition coefficient (Wildman–Crippen LogP) is 7.74. The first kappa shape index (κ1) is 18.8. The predicted molar refractivity (Wildman–Crippen MR) is 108 cm³/mol. The van der Waals surface area contributed by atoms with E-state index in [0.29, 0.717) is 0 Å². The van der Waals surface area contributed by atoms with Gasteiger partial charge in [0.25, 0.3) is 0 Å². The van der Waals surface area contributed by atoms with E-state index in [2.05, 4.69) is 62.4 Å². The third kappa shape index (κ3) is 6.51. The highest BCUT2D eigenvalue weighted by molar-refractivity contribution is 5.68. The van der Waals surface area contributed by atoms with Gasteiger partial charge < -0.3 is 0 Å². The zero-order valence-corrected chi connectivity index (χ0v) is 15.7. The summed E-state index contributed by atoms with van der Waals surface area (Å²) in [6, 6.07) is 17.8. The van der Waals surface area contributed by atoms with E-state index in [4.69, 9.17) is 0 Å². The summed E-state index contributed by atoms with van der Waals surface area (Å²) in [6.45, 7) is 4.48. The Morgan fingerprint density at radius 3 is 1.96 bits per heavy atom. The largest absolute Gasteiger partial charge is 0.0654 e. The molecule has 0 fully saturated rings. The molecule has 0 nitrogen and oxygen atoms in total. The Morgan fingerprint density at radius 2 is 1.29 bits per heavy atom. The fourth-order valence-electron chi connectivity index (χ4n) is 3.42. The van der Waals surface area contributed by atoms with Gasteiger partial charge in [-0.15, -0.1) is 0 Å². The zero-order chi connectivity index (χ0) is 17.0. The second kappa shape index (κ2) is 11.1. The second-order valence-electron chi connectivity index (χ2n) is 7.11. The molecule has 0 saturated heterocycles. The Hall–Kier alpha value is -1.56. The highest BCUT2D eigenvalue weighted by Gasteiger charge is 2.05. The second-order valence-corrected chi connectivity index (χ2v) is 7.11. The number of hydrogen-bond acceptors (Lipinski definition) is 0. The molecule has 0 N–H and O–H groups in total. The van der Waals surface area contributed by atoms with Gasteiger partial charge >= 0.3 is 0 Å². The summed E-state index contributed by atoms with van der Waals surface area (Å²) in [5.41, 5.74) is 5.64. The van der Waals surface area contributed by atoms with Crippen LogP contribution in [0.3, 0.4) is 0 Å². The fourth-order valence-corrected chi connectivity index (χ4v) is 3.42. The van der Waals surface area contributed by atoms with Crippen LogP contribution in [0.15, 0.2) is 48.5 Å². The first-order valence-electron chi connectivity index (χ1n) is 9.96. The van der Waals surface area contributed by atoms with Gasteiger partial charge in [0, 0.05) is 0 Å². The molecule has 0 aliphatic heterocycles. The van der Waals surface area contributed by atoms with Crippen LogP contribution in [0.2, 0.25) is 0 Å². The third-order valence-corrected chi connectivity index (χ3v) is 4.90. The van der Waals surface area contributed by atoms with E-state index in [-0.39, 0.29) is 0 Å². The van der Waals surface area contributed by atoms with Crippen molar-refractivity contribution >= 4 is 0 Å². The maximum atomic E-state index is 2.35. The van der Waals surface area contributed by atoms with E-state index in [1.54, 1.807) is 0 Å². The molecule has 0 aliphatic rings. The Balaban J connectivity index is 1.77. The lowest BCUT2D eigenvalue weighted by Crippen LogP contribution is -1.92. The van der Waals surface area contributed by atoms with Crippen molar-refractivity contribution in [2.45, 2.75) is 78.1 Å². The smallest absolute Gasteiger partial charge is 0.0149 e. The van der Waals surface area contributed by atoms with Gasteiger partial charge in [-0.2, -0.15) is 0 Å². The molecule has 24 heavy (non-hydrogen) atoms. The molecule has 2 rings (SSSR count). The molecular weight excluding hydrogens is 288 g/mol. The van der Waals surface area contributed by atoms with Gasteiger partial charge in [-0.1, -0.05) is 112 Å². The van der Waals surface area contributed by atoms with Crippen LogP contribution in [0, 0.1) is 6.92 Å². The maximum Gasteiger partial charge on any atom is -0.0149 e. The third-order valence-electron chi connectivity index (χ3n) is 4.90. The first-order valence-corrected chi connectivity index (χ1v) is 9.96. The summed E-state index contributed by atoms with van der Waals surface area (Å²) >= 11 is 0. The molecule has 2 aromatic carbocycles. The molecule has 0 aromatic heterocycles. The minimum absolute atomic E-state index is 1.21. The van der Waals surface area contributed by atoms with Crippen LogP contribution in [0.25, 0.3) is 11.1 Å². The molecule has 130 valence electrons. The summed E-state index contributed by atoms with van der Waals surface area (Å²) in [7, 11) is 0. The van der Waals surface area contributed by atoms with Crippen molar-refractivity contribution in [1.82, 2.24) is 0 Å². The molecule has 0 heteroatoms. The standard InChI is InChI=1S/C24H34/c1-3-4-5-6-7-8-9-10-12-17-23-19-18-21(2)20-24(23)22-15-13-11-14-16-22/h11,13-16,18-20H,3-10,12,17H2,1-2H3. The van der Waals surface area contributed by atoms with Crippen LogP contribution in [0.5, 0.6) is 0 Å². The topological polar surface area (TPSA) is 0 Å². The quantitative estimate of drug-likeness (QED) is 0.371. The first-order chi connectivity index (χ1) is 11.8. The molecule has 0 amide bonds. The highest BCUT2D eigenvalue weighted by Crippen LogP contribution is 2.26. The van der Waals surface area contributed by atoms with Crippen molar-refractivity contribution in [3.05, 3.63) is 59.7 Å². The van der Waals surface area contributed by atoms with Crippen LogP contribution in [0.4, 0.5) is 0 Å². The van der Waals surface area contributed by atoms with Crippen molar-refractivity contribution in [3.8, 4) is 11.1 Å². The highest BCUT2D eigenvalue weighted by atomic mass is 14.1. The molecule has 0 radical (unpaired) electrons. The van der Waals surface area contributed by atoms with Gasteiger partial charge in [0.05, 0.1) is 0 Å². The van der Waals surface area contributed by atoms with Gasteiger partial charge in [0.1, 0.15) is 0 Å². The molecular formula is C24H34. The number of unbranched alkanes of at least 4 members (excludes halogenated alkanes) is 8. The maximum absolute atomic E-state index is 2.35. The lowest BCUT2D eigenvalue weighted by atomic mass is 9.94. The molecule has 0 aliphatic carbocycles. The number of hydrogen-bond donors (Lipinski definition) is 0. The van der Waals surface area contributed by atoms with Crippen molar-refractivity contribution in [3.63, 3.8) is 0 Å². The summed E-state index contributed by atoms with van der Waals surface area (Å²) in [5.74, 6) is 0. The number of benzene rings is 2. The Labute approximate surface area is 149 Å². The molecule has 0 unspecified atom stereocenters. The van der Waals surface area contributed by atoms with Gasteiger partial charge in [0.15, 0.2) is 0 Å². The summed E-state index contributed by atoms with van der Waals surface area (Å²) in [4.78, 5) is 0. The van der Waals surface area contributed by atoms with Crippen molar-refractivity contribution < 1.29 is 0 Å². The SMILES string of the molecule is CCCCCCCCCCCc1ccc(C)cc1-c1ccccc1. The van der Waals surface area contributed by atoms with Gasteiger partial charge in [-0.25, -0.2) is 0 Å². The minimum atomic E-state index is 1.21. The number of rotatable bonds is 11. The minimum Gasteiger partial charge on any atom is -0.0654 e. The van der Waals surface area contributed by atoms with E-state index in [9.17, 15) is 0 Å². The summed E-state index contributed by atoms with van der Waals surface area (Å²) in [6.07, 6.45) is 13.8. The van der Waals surface area contributed by atoms with Gasteiger partial charge in [0.2, 0.25) is 0 Å². The van der Waals surface area contributed by atoms with E-state index < -0.39 is 0 Å². The van der Waals surface area contributed by atoms with Crippen molar-refractivity contribution in [1.29, 1.82) is 0 Å². The Bertz CT molecular complexity index is 568. The molecule has 0 atom stereocenters. The lowest BCUT2D eigenvalue weighted by Gasteiger charge is -2.11. The van der Waals surface area contributed by atoms with Gasteiger partial charge in [-0.3, -0.25) is 0 Å². The van der Waals surface area contributed by atoms with Crippen LogP contribution in [-0.4, -0.2) is 0 Å². The summed E-state index contributed by atoms with van der Waals surface area (Å²) in [5, 5.41) is 0. The lowest BCUT2D eigenvalue weighted by molar-refractivity contribution is 0.565. The Kier molecular flexibility index (Phi) is 8.66. The van der Waals surface area contributed by atoms with E-state index in [0.717, 1.165) is 0 Å². The normalized spacial score (nSPS) is 10.9. The Morgan fingerprint density at radius 1 is 0.667 bits per heavy atom. The van der Waals surface area contributed by atoms with E-state index in [1.807, 2.05) is 0 Å². The molecule has 0 heterocycles. The van der Waals surface area contributed by atoms with Crippen LogP contribution < -0.4 is 0 Å². The van der Waals surface area contributed by atoms with Crippen molar-refractivity contribution in [2.75, 3.05) is 0 Å². The monoisotopic (exact) mass is 322 g/mol.